The lowest BCUT2D eigenvalue weighted by Crippen LogP contribution is -2.68. The van der Waals surface area contributed by atoms with Crippen molar-refractivity contribution in [2.45, 2.75) is 51.9 Å². The number of hydrogen-bond acceptors (Lipinski definition) is 4. The predicted octanol–water partition coefficient (Wildman–Crippen LogP) is 1.61. The molecule has 0 amide bonds. The van der Waals surface area contributed by atoms with Crippen molar-refractivity contribution in [3.8, 4) is 0 Å². The molecule has 7 nitrogen and oxygen atoms in total. The molecule has 1 aliphatic heterocycles. The lowest BCUT2D eigenvalue weighted by atomic mass is 9.57. The Morgan fingerprint density at radius 1 is 1.54 bits per heavy atom. The minimum atomic E-state index is -1.05. The van der Waals surface area contributed by atoms with E-state index in [1.165, 1.54) is 0 Å². The summed E-state index contributed by atoms with van der Waals surface area (Å²) in [6.07, 6.45) is 4.95. The minimum Gasteiger partial charge on any atom is -0.383 e. The largest absolute Gasteiger partial charge is 0.383 e. The zero-order chi connectivity index (χ0) is 18.2. The van der Waals surface area contributed by atoms with E-state index >= 15 is 0 Å². The van der Waals surface area contributed by atoms with Crippen LogP contribution in [0.3, 0.4) is 0 Å². The zero-order valence-electron chi connectivity index (χ0n) is 16.3. The molecule has 1 aromatic heterocycles. The van der Waals surface area contributed by atoms with Crippen LogP contribution in [0.2, 0.25) is 0 Å². The molecule has 0 aromatic carbocycles. The Bertz CT molecular complexity index is 643. The van der Waals surface area contributed by atoms with Crippen molar-refractivity contribution in [1.29, 1.82) is 0 Å². The first-order chi connectivity index (χ1) is 11.8. The van der Waals surface area contributed by atoms with E-state index < -0.39 is 5.60 Å². The number of guanidine groups is 1. The van der Waals surface area contributed by atoms with Gasteiger partial charge in [-0.3, -0.25) is 4.68 Å². The third-order valence-electron chi connectivity index (χ3n) is 5.61. The predicted molar refractivity (Wildman–Crippen MR) is 113 cm³/mol. The molecule has 0 spiro atoms. The SMILES string of the molecule is CCNC(=NCC(C)(O)c1cnn(C)c1)NC1C2CCOC2C1(C)C.I. The van der Waals surface area contributed by atoms with Gasteiger partial charge in [0, 0.05) is 49.3 Å². The highest BCUT2D eigenvalue weighted by Crippen LogP contribution is 2.52. The Balaban J connectivity index is 0.00000243. The molecule has 26 heavy (non-hydrogen) atoms. The molecule has 8 heteroatoms. The van der Waals surface area contributed by atoms with E-state index in [1.54, 1.807) is 17.8 Å². The van der Waals surface area contributed by atoms with Gasteiger partial charge in [-0.2, -0.15) is 5.10 Å². The van der Waals surface area contributed by atoms with Gasteiger partial charge in [0.2, 0.25) is 0 Å². The Morgan fingerprint density at radius 2 is 2.27 bits per heavy atom. The van der Waals surface area contributed by atoms with Gasteiger partial charge in [-0.1, -0.05) is 13.8 Å². The van der Waals surface area contributed by atoms with Gasteiger partial charge in [-0.05, 0) is 20.3 Å². The van der Waals surface area contributed by atoms with E-state index in [1.807, 2.05) is 20.2 Å². The van der Waals surface area contributed by atoms with Crippen LogP contribution in [-0.2, 0) is 17.4 Å². The van der Waals surface area contributed by atoms with Crippen LogP contribution >= 0.6 is 24.0 Å². The van der Waals surface area contributed by atoms with Crippen LogP contribution in [0.25, 0.3) is 0 Å². The molecule has 2 fully saturated rings. The molecule has 0 bridgehead atoms. The van der Waals surface area contributed by atoms with E-state index in [0.29, 0.717) is 18.1 Å². The molecule has 1 aliphatic carbocycles. The average Bonchev–Trinajstić information content (AvgIpc) is 3.18. The van der Waals surface area contributed by atoms with Crippen molar-refractivity contribution < 1.29 is 9.84 Å². The van der Waals surface area contributed by atoms with Crippen LogP contribution in [0, 0.1) is 11.3 Å². The lowest BCUT2D eigenvalue weighted by Gasteiger charge is -2.55. The molecular weight excluding hydrogens is 445 g/mol. The normalized spacial score (nSPS) is 29.2. The number of ether oxygens (including phenoxy) is 1. The molecule has 4 unspecified atom stereocenters. The van der Waals surface area contributed by atoms with Gasteiger partial charge in [0.1, 0.15) is 5.60 Å². The number of aromatic nitrogens is 2. The number of fused-ring (bicyclic) bond motifs is 1. The summed E-state index contributed by atoms with van der Waals surface area (Å²) >= 11 is 0. The van der Waals surface area contributed by atoms with Crippen molar-refractivity contribution in [2.24, 2.45) is 23.4 Å². The first-order valence-corrected chi connectivity index (χ1v) is 9.13. The zero-order valence-corrected chi connectivity index (χ0v) is 18.7. The number of hydrogen-bond donors (Lipinski definition) is 3. The molecule has 2 aliphatic rings. The first-order valence-electron chi connectivity index (χ1n) is 9.13. The maximum atomic E-state index is 10.7. The van der Waals surface area contributed by atoms with E-state index in [-0.39, 0.29) is 35.9 Å². The van der Waals surface area contributed by atoms with Crippen molar-refractivity contribution >= 4 is 29.9 Å². The summed E-state index contributed by atoms with van der Waals surface area (Å²) in [5, 5.41) is 21.7. The Kier molecular flexibility index (Phi) is 6.61. The fourth-order valence-corrected chi connectivity index (χ4v) is 4.11. The Labute approximate surface area is 173 Å². The van der Waals surface area contributed by atoms with Crippen LogP contribution in [0.1, 0.15) is 39.7 Å². The Hall–Kier alpha value is -0.870. The van der Waals surface area contributed by atoms with Crippen LogP contribution in [0.4, 0.5) is 0 Å². The number of aliphatic imine (C=N–C) groups is 1. The third-order valence-corrected chi connectivity index (χ3v) is 5.61. The van der Waals surface area contributed by atoms with E-state index in [2.05, 4.69) is 34.6 Å². The number of rotatable bonds is 5. The monoisotopic (exact) mass is 477 g/mol. The van der Waals surface area contributed by atoms with Gasteiger partial charge in [-0.15, -0.1) is 24.0 Å². The number of halogens is 1. The minimum absolute atomic E-state index is 0. The summed E-state index contributed by atoms with van der Waals surface area (Å²) in [5.41, 5.74) is -0.198. The fourth-order valence-electron chi connectivity index (χ4n) is 4.11. The van der Waals surface area contributed by atoms with E-state index in [0.717, 1.165) is 31.1 Å². The van der Waals surface area contributed by atoms with Crippen LogP contribution in [0.5, 0.6) is 0 Å². The van der Waals surface area contributed by atoms with Crippen LogP contribution < -0.4 is 10.6 Å². The van der Waals surface area contributed by atoms with Gasteiger partial charge in [0.05, 0.1) is 18.8 Å². The van der Waals surface area contributed by atoms with Crippen LogP contribution in [0.15, 0.2) is 17.4 Å². The summed E-state index contributed by atoms with van der Waals surface area (Å²) in [4.78, 5) is 4.64. The molecule has 3 rings (SSSR count). The number of aliphatic hydroxyl groups is 1. The highest BCUT2D eigenvalue weighted by atomic mass is 127. The van der Waals surface area contributed by atoms with Gasteiger partial charge in [-0.25, -0.2) is 4.99 Å². The average molecular weight is 477 g/mol. The smallest absolute Gasteiger partial charge is 0.191 e. The summed E-state index contributed by atoms with van der Waals surface area (Å²) in [6.45, 7) is 10.2. The fraction of sp³-hybridized carbons (Fsp3) is 0.778. The van der Waals surface area contributed by atoms with Crippen molar-refractivity contribution in [1.82, 2.24) is 20.4 Å². The standard InChI is InChI=1S/C18H31N5O2.HI/c1-6-19-16(20-11-18(4,24)12-9-21-23(5)10-12)22-14-13-7-8-25-15(13)17(14,2)3;/h9-10,13-15,24H,6-8,11H2,1-5H3,(H2,19,20,22);1H. The highest BCUT2D eigenvalue weighted by molar-refractivity contribution is 14.0. The highest BCUT2D eigenvalue weighted by Gasteiger charge is 2.59. The lowest BCUT2D eigenvalue weighted by molar-refractivity contribution is -0.106. The second kappa shape index (κ2) is 8.02. The molecule has 148 valence electrons. The number of nitrogens with one attached hydrogen (secondary N) is 2. The number of aryl methyl sites for hydroxylation is 1. The molecular formula is C18H32IN5O2. The summed E-state index contributed by atoms with van der Waals surface area (Å²) in [7, 11) is 1.84. The topological polar surface area (TPSA) is 83.7 Å². The van der Waals surface area contributed by atoms with Gasteiger partial charge in [0.15, 0.2) is 5.96 Å². The molecule has 4 atom stereocenters. The molecule has 1 aromatic rings. The van der Waals surface area contributed by atoms with E-state index in [9.17, 15) is 5.11 Å². The maximum Gasteiger partial charge on any atom is 0.191 e. The van der Waals surface area contributed by atoms with Gasteiger partial charge < -0.3 is 20.5 Å². The second-order valence-electron chi connectivity index (χ2n) is 8.06. The molecule has 2 heterocycles. The molecule has 1 saturated carbocycles. The quantitative estimate of drug-likeness (QED) is 0.341. The van der Waals surface area contributed by atoms with Crippen molar-refractivity contribution in [2.75, 3.05) is 19.7 Å². The molecule has 3 N–H and O–H groups in total. The van der Waals surface area contributed by atoms with Crippen molar-refractivity contribution in [3.63, 3.8) is 0 Å². The van der Waals surface area contributed by atoms with E-state index in [4.69, 9.17) is 4.74 Å². The maximum absolute atomic E-state index is 10.7. The Morgan fingerprint density at radius 3 is 2.88 bits per heavy atom. The van der Waals surface area contributed by atoms with Gasteiger partial charge >= 0.3 is 0 Å². The third kappa shape index (κ3) is 4.01. The van der Waals surface area contributed by atoms with Crippen molar-refractivity contribution in [3.05, 3.63) is 18.0 Å². The second-order valence-corrected chi connectivity index (χ2v) is 8.06. The summed E-state index contributed by atoms with van der Waals surface area (Å²) < 4.78 is 7.55. The van der Waals surface area contributed by atoms with Crippen LogP contribution in [-0.4, -0.2) is 52.7 Å². The summed E-state index contributed by atoms with van der Waals surface area (Å²) in [6, 6.07) is 0.334. The first kappa shape index (κ1) is 21.4. The summed E-state index contributed by atoms with van der Waals surface area (Å²) in [5.74, 6) is 1.28. The van der Waals surface area contributed by atoms with Gasteiger partial charge in [0.25, 0.3) is 0 Å². The number of nitrogens with zero attached hydrogens (tertiary/aromatic N) is 3. The molecule has 1 saturated heterocycles. The molecule has 0 radical (unpaired) electrons.